The maximum Gasteiger partial charge on any atom is 0.260 e. The molecule has 0 amide bonds. The lowest BCUT2D eigenvalue weighted by Gasteiger charge is -2.33. The molecule has 0 aliphatic heterocycles. The molecule has 0 bridgehead atoms. The average molecular weight is 271 g/mol. The molecule has 1 aromatic heterocycles. The van der Waals surface area contributed by atoms with Crippen molar-refractivity contribution in [3.05, 3.63) is 24.7 Å². The van der Waals surface area contributed by atoms with Gasteiger partial charge in [0.15, 0.2) is 5.03 Å². The molecule has 0 fully saturated rings. The molecule has 0 aromatic carbocycles. The fraction of sp³-hybridized carbons (Fsp3) is 0.583. The van der Waals surface area contributed by atoms with E-state index in [2.05, 4.69) is 16.5 Å². The molecule has 0 spiro atoms. The molecule has 0 radical (unpaired) electrons. The predicted octanol–water partition coefficient (Wildman–Crippen LogP) is 1.95. The van der Waals surface area contributed by atoms with E-state index in [0.29, 0.717) is 12.2 Å². The third kappa shape index (κ3) is 3.00. The summed E-state index contributed by atoms with van der Waals surface area (Å²) in [4.78, 5) is 6.88. The highest BCUT2D eigenvalue weighted by Crippen LogP contribution is 2.23. The standard InChI is InChI=1S/C12H21N3O2S/c1-6-8-15(12(3,4)5)18(16,17)11-9-13-10(7-2)14-11/h6,9H,1,7-8H2,2-5H3,(H,13,14). The zero-order valence-corrected chi connectivity index (χ0v) is 12.2. The summed E-state index contributed by atoms with van der Waals surface area (Å²) in [5, 5.41) is 0.135. The minimum Gasteiger partial charge on any atom is -0.332 e. The lowest BCUT2D eigenvalue weighted by atomic mass is 10.1. The first kappa shape index (κ1) is 14.9. The average Bonchev–Trinajstić information content (AvgIpc) is 2.73. The van der Waals surface area contributed by atoms with Crippen molar-refractivity contribution in [3.8, 4) is 0 Å². The van der Waals surface area contributed by atoms with Crippen molar-refractivity contribution in [3.63, 3.8) is 0 Å². The SMILES string of the molecule is C=CCN(C(C)(C)C)S(=O)(=O)c1cnc(CC)[nH]1. The molecule has 0 aliphatic carbocycles. The first-order valence-corrected chi connectivity index (χ1v) is 7.35. The molecule has 0 atom stereocenters. The van der Waals surface area contributed by atoms with Crippen LogP contribution in [-0.4, -0.2) is 34.8 Å². The van der Waals surface area contributed by atoms with Crippen molar-refractivity contribution < 1.29 is 8.42 Å². The van der Waals surface area contributed by atoms with Crippen LogP contribution in [0.3, 0.4) is 0 Å². The summed E-state index contributed by atoms with van der Waals surface area (Å²) >= 11 is 0. The molecule has 18 heavy (non-hydrogen) atoms. The summed E-state index contributed by atoms with van der Waals surface area (Å²) in [6.45, 7) is 11.4. The smallest absolute Gasteiger partial charge is 0.260 e. The Morgan fingerprint density at radius 3 is 2.50 bits per heavy atom. The van der Waals surface area contributed by atoms with E-state index in [1.165, 1.54) is 10.5 Å². The first-order chi connectivity index (χ1) is 8.23. The minimum atomic E-state index is -3.57. The lowest BCUT2D eigenvalue weighted by Crippen LogP contribution is -2.45. The van der Waals surface area contributed by atoms with Crippen LogP contribution in [0.2, 0.25) is 0 Å². The van der Waals surface area contributed by atoms with Gasteiger partial charge >= 0.3 is 0 Å². The Labute approximate surface area is 109 Å². The Balaban J connectivity index is 3.21. The van der Waals surface area contributed by atoms with Crippen LogP contribution in [0.5, 0.6) is 0 Å². The van der Waals surface area contributed by atoms with E-state index in [1.807, 2.05) is 27.7 Å². The summed E-state index contributed by atoms with van der Waals surface area (Å²) in [6.07, 6.45) is 3.63. The molecular weight excluding hydrogens is 250 g/mol. The molecule has 1 heterocycles. The number of aromatic amines is 1. The van der Waals surface area contributed by atoms with Crippen molar-refractivity contribution in [1.82, 2.24) is 14.3 Å². The van der Waals surface area contributed by atoms with Gasteiger partial charge < -0.3 is 4.98 Å². The molecule has 0 unspecified atom stereocenters. The summed E-state index contributed by atoms with van der Waals surface area (Å²) < 4.78 is 26.4. The van der Waals surface area contributed by atoms with E-state index in [1.54, 1.807) is 6.08 Å². The van der Waals surface area contributed by atoms with E-state index < -0.39 is 15.6 Å². The second-order valence-electron chi connectivity index (χ2n) is 5.04. The number of imidazole rings is 1. The third-order valence-corrected chi connectivity index (χ3v) is 4.59. The van der Waals surface area contributed by atoms with Gasteiger partial charge in [0.1, 0.15) is 5.82 Å². The number of rotatable bonds is 5. The number of hydrogen-bond donors (Lipinski definition) is 1. The quantitative estimate of drug-likeness (QED) is 0.832. The molecule has 6 heteroatoms. The van der Waals surface area contributed by atoms with Gasteiger partial charge in [0.25, 0.3) is 10.0 Å². The highest BCUT2D eigenvalue weighted by atomic mass is 32.2. The van der Waals surface area contributed by atoms with Crippen LogP contribution in [0.4, 0.5) is 0 Å². The summed E-state index contributed by atoms with van der Waals surface area (Å²) in [7, 11) is -3.57. The number of aromatic nitrogens is 2. The van der Waals surface area contributed by atoms with Crippen molar-refractivity contribution in [2.75, 3.05) is 6.54 Å². The molecule has 102 valence electrons. The van der Waals surface area contributed by atoms with Crippen LogP contribution >= 0.6 is 0 Å². The normalized spacial score (nSPS) is 12.9. The van der Waals surface area contributed by atoms with Crippen molar-refractivity contribution in [1.29, 1.82) is 0 Å². The van der Waals surface area contributed by atoms with Crippen molar-refractivity contribution in [2.45, 2.75) is 44.7 Å². The largest absolute Gasteiger partial charge is 0.332 e. The van der Waals surface area contributed by atoms with E-state index in [9.17, 15) is 8.42 Å². The molecule has 1 aromatic rings. The molecule has 0 saturated heterocycles. The van der Waals surface area contributed by atoms with Gasteiger partial charge in [-0.25, -0.2) is 13.4 Å². The molecule has 0 saturated carbocycles. The molecule has 1 N–H and O–H groups in total. The zero-order chi connectivity index (χ0) is 14.0. The van der Waals surface area contributed by atoms with Crippen LogP contribution in [0, 0.1) is 0 Å². The molecule has 1 rings (SSSR count). The molecule has 5 nitrogen and oxygen atoms in total. The number of aryl methyl sites for hydroxylation is 1. The van der Waals surface area contributed by atoms with Gasteiger partial charge in [0.2, 0.25) is 0 Å². The van der Waals surface area contributed by atoms with Crippen molar-refractivity contribution >= 4 is 10.0 Å². The van der Waals surface area contributed by atoms with Gasteiger partial charge in [-0.05, 0) is 20.8 Å². The van der Waals surface area contributed by atoms with E-state index in [0.717, 1.165) is 0 Å². The summed E-state index contributed by atoms with van der Waals surface area (Å²) in [5.74, 6) is 0.668. The second kappa shape index (κ2) is 5.24. The molecular formula is C12H21N3O2S. The van der Waals surface area contributed by atoms with E-state index >= 15 is 0 Å². The number of nitrogens with zero attached hydrogens (tertiary/aromatic N) is 2. The van der Waals surface area contributed by atoms with Gasteiger partial charge in [-0.2, -0.15) is 4.31 Å². The van der Waals surface area contributed by atoms with Crippen molar-refractivity contribution in [2.24, 2.45) is 0 Å². The fourth-order valence-electron chi connectivity index (χ4n) is 1.62. The predicted molar refractivity (Wildman–Crippen MR) is 71.8 cm³/mol. The van der Waals surface area contributed by atoms with Crippen LogP contribution in [0.25, 0.3) is 0 Å². The highest BCUT2D eigenvalue weighted by molar-refractivity contribution is 7.89. The number of sulfonamides is 1. The topological polar surface area (TPSA) is 66.1 Å². The molecule has 0 aliphatic rings. The second-order valence-corrected chi connectivity index (χ2v) is 6.87. The Kier molecular flexibility index (Phi) is 4.34. The van der Waals surface area contributed by atoms with Gasteiger partial charge in [-0.1, -0.05) is 13.0 Å². The first-order valence-electron chi connectivity index (χ1n) is 5.91. The Hall–Kier alpha value is -1.14. The fourth-order valence-corrected chi connectivity index (χ4v) is 3.32. The zero-order valence-electron chi connectivity index (χ0n) is 11.4. The number of hydrogen-bond acceptors (Lipinski definition) is 3. The van der Waals surface area contributed by atoms with Crippen LogP contribution in [-0.2, 0) is 16.4 Å². The third-order valence-electron chi connectivity index (χ3n) is 2.55. The Bertz CT molecular complexity index is 512. The summed E-state index contributed by atoms with van der Waals surface area (Å²) in [5.41, 5.74) is -0.509. The monoisotopic (exact) mass is 271 g/mol. The van der Waals surface area contributed by atoms with Crippen LogP contribution < -0.4 is 0 Å². The minimum absolute atomic E-state index is 0.135. The lowest BCUT2D eigenvalue weighted by molar-refractivity contribution is 0.269. The Morgan fingerprint density at radius 2 is 2.11 bits per heavy atom. The van der Waals surface area contributed by atoms with Crippen LogP contribution in [0.15, 0.2) is 23.9 Å². The summed E-state index contributed by atoms with van der Waals surface area (Å²) in [6, 6.07) is 0. The van der Waals surface area contributed by atoms with Gasteiger partial charge in [-0.3, -0.25) is 0 Å². The highest BCUT2D eigenvalue weighted by Gasteiger charge is 2.34. The van der Waals surface area contributed by atoms with Gasteiger partial charge in [-0.15, -0.1) is 6.58 Å². The maximum absolute atomic E-state index is 12.5. The van der Waals surface area contributed by atoms with Gasteiger partial charge in [0.05, 0.1) is 6.20 Å². The van der Waals surface area contributed by atoms with E-state index in [4.69, 9.17) is 0 Å². The van der Waals surface area contributed by atoms with Gasteiger partial charge in [0, 0.05) is 18.5 Å². The van der Waals surface area contributed by atoms with Crippen LogP contribution in [0.1, 0.15) is 33.5 Å². The Morgan fingerprint density at radius 1 is 1.50 bits per heavy atom. The number of nitrogens with one attached hydrogen (secondary N) is 1. The van der Waals surface area contributed by atoms with E-state index in [-0.39, 0.29) is 11.6 Å². The maximum atomic E-state index is 12.5. The number of H-pyrrole nitrogens is 1.